The Morgan fingerprint density at radius 1 is 1.17 bits per heavy atom. The van der Waals surface area contributed by atoms with E-state index in [1.165, 1.54) is 37.7 Å². The van der Waals surface area contributed by atoms with E-state index < -0.39 is 0 Å². The maximum atomic E-state index is 4.32. The van der Waals surface area contributed by atoms with E-state index in [2.05, 4.69) is 32.5 Å². The van der Waals surface area contributed by atoms with Crippen LogP contribution in [0.15, 0.2) is 24.3 Å². The van der Waals surface area contributed by atoms with Crippen LogP contribution in [0, 0.1) is 0 Å². The van der Waals surface area contributed by atoms with Crippen LogP contribution in [0.25, 0.3) is 10.9 Å². The summed E-state index contributed by atoms with van der Waals surface area (Å²) >= 11 is 0. The number of aromatic nitrogens is 2. The maximum Gasteiger partial charge on any atom is 0.155 e. The number of H-pyrrole nitrogens is 1. The first-order valence-electron chi connectivity index (χ1n) is 6.83. The molecule has 0 saturated carbocycles. The molecule has 0 amide bonds. The number of likely N-dealkylation sites (tertiary alicyclic amines) is 1. The van der Waals surface area contributed by atoms with Crippen LogP contribution in [0.2, 0.25) is 0 Å². The van der Waals surface area contributed by atoms with Gasteiger partial charge in [0.1, 0.15) is 0 Å². The maximum absolute atomic E-state index is 4.32. The second-order valence-electron chi connectivity index (χ2n) is 4.95. The fourth-order valence-electron chi connectivity index (χ4n) is 2.61. The molecule has 0 aliphatic carbocycles. The molecule has 1 aliphatic rings. The first-order chi connectivity index (χ1) is 8.93. The second-order valence-corrected chi connectivity index (χ2v) is 4.95. The molecule has 18 heavy (non-hydrogen) atoms. The topological polar surface area (TPSA) is 44.0 Å². The molecule has 1 aliphatic heterocycles. The van der Waals surface area contributed by atoms with E-state index in [9.17, 15) is 0 Å². The fourth-order valence-corrected chi connectivity index (χ4v) is 2.61. The van der Waals surface area contributed by atoms with Gasteiger partial charge in [0.05, 0.1) is 5.52 Å². The summed E-state index contributed by atoms with van der Waals surface area (Å²) in [6.07, 6.45) is 4.10. The number of hydrogen-bond acceptors (Lipinski definition) is 3. The number of nitrogens with one attached hydrogen (secondary N) is 2. The molecule has 1 fully saturated rings. The molecule has 4 heteroatoms. The average molecular weight is 244 g/mol. The molecular weight excluding hydrogens is 224 g/mol. The quantitative estimate of drug-likeness (QED) is 0.868. The molecule has 0 radical (unpaired) electrons. The van der Waals surface area contributed by atoms with Gasteiger partial charge in [-0.1, -0.05) is 18.6 Å². The Bertz CT molecular complexity index is 499. The number of benzene rings is 1. The summed E-state index contributed by atoms with van der Waals surface area (Å²) in [7, 11) is 0. The van der Waals surface area contributed by atoms with E-state index in [0.29, 0.717) is 0 Å². The van der Waals surface area contributed by atoms with Crippen molar-refractivity contribution in [1.82, 2.24) is 15.1 Å². The number of para-hydroxylation sites is 1. The lowest BCUT2D eigenvalue weighted by molar-refractivity contribution is 0.237. The molecule has 2 aromatic rings. The summed E-state index contributed by atoms with van der Waals surface area (Å²) < 4.78 is 0. The van der Waals surface area contributed by atoms with Crippen LogP contribution in [0.4, 0.5) is 5.82 Å². The lowest BCUT2D eigenvalue weighted by atomic mass is 10.1. The van der Waals surface area contributed by atoms with Gasteiger partial charge in [0, 0.05) is 18.5 Å². The minimum absolute atomic E-state index is 0.967. The summed E-state index contributed by atoms with van der Waals surface area (Å²) in [5.74, 6) is 0.975. The number of fused-ring (bicyclic) bond motifs is 1. The molecule has 96 valence electrons. The van der Waals surface area contributed by atoms with E-state index in [4.69, 9.17) is 0 Å². The Morgan fingerprint density at radius 2 is 2.00 bits per heavy atom. The summed E-state index contributed by atoms with van der Waals surface area (Å²) in [4.78, 5) is 2.53. The third kappa shape index (κ3) is 2.48. The van der Waals surface area contributed by atoms with E-state index in [0.717, 1.165) is 24.4 Å². The van der Waals surface area contributed by atoms with Crippen LogP contribution >= 0.6 is 0 Å². The third-order valence-electron chi connectivity index (χ3n) is 3.64. The fraction of sp³-hybridized carbons (Fsp3) is 0.500. The van der Waals surface area contributed by atoms with Crippen molar-refractivity contribution in [2.75, 3.05) is 31.5 Å². The number of piperidine rings is 1. The predicted octanol–water partition coefficient (Wildman–Crippen LogP) is 2.46. The van der Waals surface area contributed by atoms with Gasteiger partial charge in [0.25, 0.3) is 0 Å². The van der Waals surface area contributed by atoms with E-state index >= 15 is 0 Å². The van der Waals surface area contributed by atoms with Gasteiger partial charge in [-0.05, 0) is 38.1 Å². The first-order valence-corrected chi connectivity index (χ1v) is 6.83. The monoisotopic (exact) mass is 244 g/mol. The van der Waals surface area contributed by atoms with Crippen LogP contribution < -0.4 is 5.32 Å². The van der Waals surface area contributed by atoms with Crippen molar-refractivity contribution in [2.24, 2.45) is 0 Å². The molecule has 2 heterocycles. The van der Waals surface area contributed by atoms with Crippen molar-refractivity contribution >= 4 is 16.7 Å². The Kier molecular flexibility index (Phi) is 3.46. The molecule has 1 aromatic heterocycles. The molecule has 0 bridgehead atoms. The van der Waals surface area contributed by atoms with Gasteiger partial charge < -0.3 is 10.2 Å². The van der Waals surface area contributed by atoms with E-state index in [1.807, 2.05) is 12.1 Å². The summed E-state index contributed by atoms with van der Waals surface area (Å²) in [5.41, 5.74) is 1.10. The average Bonchev–Trinajstić information content (AvgIpc) is 2.84. The molecular formula is C14H20N4. The highest BCUT2D eigenvalue weighted by Gasteiger charge is 2.09. The molecule has 0 spiro atoms. The van der Waals surface area contributed by atoms with Gasteiger partial charge >= 0.3 is 0 Å². The van der Waals surface area contributed by atoms with Crippen LogP contribution in [0.1, 0.15) is 19.3 Å². The SMILES string of the molecule is c1ccc2c(NCCN3CCCCC3)n[nH]c2c1. The van der Waals surface area contributed by atoms with Crippen molar-refractivity contribution in [1.29, 1.82) is 0 Å². The number of anilines is 1. The smallest absolute Gasteiger partial charge is 0.155 e. The zero-order chi connectivity index (χ0) is 12.2. The van der Waals surface area contributed by atoms with Gasteiger partial charge in [-0.15, -0.1) is 0 Å². The normalized spacial score (nSPS) is 17.1. The molecule has 0 unspecified atom stereocenters. The molecule has 1 saturated heterocycles. The first kappa shape index (κ1) is 11.5. The predicted molar refractivity (Wildman–Crippen MR) is 74.9 cm³/mol. The molecule has 4 nitrogen and oxygen atoms in total. The Morgan fingerprint density at radius 3 is 2.89 bits per heavy atom. The number of rotatable bonds is 4. The number of hydrogen-bond donors (Lipinski definition) is 2. The van der Waals surface area contributed by atoms with Crippen molar-refractivity contribution in [3.8, 4) is 0 Å². The Labute approximate surface area is 107 Å². The van der Waals surface area contributed by atoms with Gasteiger partial charge in [-0.25, -0.2) is 0 Å². The lowest BCUT2D eigenvalue weighted by Gasteiger charge is -2.26. The molecule has 2 N–H and O–H groups in total. The Balaban J connectivity index is 1.56. The molecule has 1 aromatic carbocycles. The van der Waals surface area contributed by atoms with Crippen LogP contribution in [0.3, 0.4) is 0 Å². The van der Waals surface area contributed by atoms with Crippen LogP contribution in [-0.4, -0.2) is 41.3 Å². The van der Waals surface area contributed by atoms with Gasteiger partial charge in [-0.2, -0.15) is 5.10 Å². The zero-order valence-electron chi connectivity index (χ0n) is 10.7. The minimum atomic E-state index is 0.967. The largest absolute Gasteiger partial charge is 0.367 e. The van der Waals surface area contributed by atoms with Crippen molar-refractivity contribution in [3.63, 3.8) is 0 Å². The van der Waals surface area contributed by atoms with E-state index in [1.54, 1.807) is 0 Å². The summed E-state index contributed by atoms with van der Waals surface area (Å²) in [6, 6.07) is 8.23. The minimum Gasteiger partial charge on any atom is -0.367 e. The molecule has 3 rings (SSSR count). The number of nitrogens with zero attached hydrogens (tertiary/aromatic N) is 2. The van der Waals surface area contributed by atoms with Crippen molar-refractivity contribution in [3.05, 3.63) is 24.3 Å². The highest BCUT2D eigenvalue weighted by atomic mass is 15.2. The number of aromatic amines is 1. The third-order valence-corrected chi connectivity index (χ3v) is 3.64. The summed E-state index contributed by atoms with van der Waals surface area (Å²) in [5, 5.41) is 12.0. The van der Waals surface area contributed by atoms with Crippen molar-refractivity contribution in [2.45, 2.75) is 19.3 Å². The Hall–Kier alpha value is -1.55. The highest BCUT2D eigenvalue weighted by Crippen LogP contribution is 2.19. The van der Waals surface area contributed by atoms with Gasteiger partial charge in [-0.3, -0.25) is 5.10 Å². The van der Waals surface area contributed by atoms with Gasteiger partial charge in [0.15, 0.2) is 5.82 Å². The van der Waals surface area contributed by atoms with Crippen molar-refractivity contribution < 1.29 is 0 Å². The highest BCUT2D eigenvalue weighted by molar-refractivity contribution is 5.89. The summed E-state index contributed by atoms with van der Waals surface area (Å²) in [6.45, 7) is 4.59. The second kappa shape index (κ2) is 5.40. The zero-order valence-corrected chi connectivity index (χ0v) is 10.7. The molecule has 0 atom stereocenters. The van der Waals surface area contributed by atoms with Gasteiger partial charge in [0.2, 0.25) is 0 Å². The van der Waals surface area contributed by atoms with Crippen LogP contribution in [0.5, 0.6) is 0 Å². The van der Waals surface area contributed by atoms with E-state index in [-0.39, 0.29) is 0 Å². The lowest BCUT2D eigenvalue weighted by Crippen LogP contribution is -2.33. The standard InChI is InChI=1S/C14H20N4/c1-4-9-18(10-5-1)11-8-15-14-12-6-2-3-7-13(12)16-17-14/h2-3,6-7H,1,4-5,8-11H2,(H2,15,16,17). The van der Waals surface area contributed by atoms with Crippen LogP contribution in [-0.2, 0) is 0 Å².